The monoisotopic (exact) mass is 254 g/mol. The van der Waals surface area contributed by atoms with E-state index in [-0.39, 0.29) is 0 Å². The first kappa shape index (κ1) is 16.0. The van der Waals surface area contributed by atoms with Gasteiger partial charge < -0.3 is 10.2 Å². The molecule has 1 fully saturated rings. The molecule has 0 radical (unpaired) electrons. The molecule has 18 heavy (non-hydrogen) atoms. The van der Waals surface area contributed by atoms with Crippen molar-refractivity contribution in [1.29, 1.82) is 0 Å². The molecule has 0 aromatic carbocycles. The lowest BCUT2D eigenvalue weighted by Gasteiger charge is -2.38. The second-order valence-corrected chi connectivity index (χ2v) is 7.37. The number of nitrogens with one attached hydrogen (secondary N) is 1. The van der Waals surface area contributed by atoms with Gasteiger partial charge in [-0.25, -0.2) is 0 Å². The Morgan fingerprint density at radius 3 is 2.50 bits per heavy atom. The van der Waals surface area contributed by atoms with E-state index in [1.165, 1.54) is 45.3 Å². The zero-order valence-electron chi connectivity index (χ0n) is 13.3. The molecule has 1 unspecified atom stereocenters. The van der Waals surface area contributed by atoms with Crippen LogP contribution >= 0.6 is 0 Å². The summed E-state index contributed by atoms with van der Waals surface area (Å²) in [5.74, 6) is 0.831. The zero-order valence-corrected chi connectivity index (χ0v) is 13.3. The van der Waals surface area contributed by atoms with E-state index < -0.39 is 0 Å². The third kappa shape index (κ3) is 6.75. The van der Waals surface area contributed by atoms with Gasteiger partial charge in [-0.05, 0) is 50.5 Å². The van der Waals surface area contributed by atoms with Crippen LogP contribution in [0.4, 0.5) is 0 Å². The SMILES string of the molecule is CC(C)CCC(C)NCCN1CCCC(C)(C)C1. The van der Waals surface area contributed by atoms with Crippen molar-refractivity contribution >= 4 is 0 Å². The van der Waals surface area contributed by atoms with Crippen molar-refractivity contribution in [3.8, 4) is 0 Å². The normalized spacial score (nSPS) is 22.3. The van der Waals surface area contributed by atoms with Gasteiger partial charge in [0.2, 0.25) is 0 Å². The minimum Gasteiger partial charge on any atom is -0.313 e. The van der Waals surface area contributed by atoms with Gasteiger partial charge in [0.15, 0.2) is 0 Å². The molecule has 0 amide bonds. The second-order valence-electron chi connectivity index (χ2n) is 7.37. The van der Waals surface area contributed by atoms with Crippen molar-refractivity contribution in [2.45, 2.75) is 66.3 Å². The third-order valence-corrected chi connectivity index (χ3v) is 4.08. The molecular formula is C16H34N2. The van der Waals surface area contributed by atoms with Crippen LogP contribution in [0.3, 0.4) is 0 Å². The highest BCUT2D eigenvalue weighted by Crippen LogP contribution is 2.27. The maximum Gasteiger partial charge on any atom is 0.0107 e. The van der Waals surface area contributed by atoms with Crippen molar-refractivity contribution < 1.29 is 0 Å². The molecule has 1 heterocycles. The van der Waals surface area contributed by atoms with Crippen LogP contribution in [0.1, 0.15) is 60.3 Å². The van der Waals surface area contributed by atoms with Crippen LogP contribution in [0.25, 0.3) is 0 Å². The maximum absolute atomic E-state index is 3.67. The summed E-state index contributed by atoms with van der Waals surface area (Å²) in [6.45, 7) is 16.7. The Kier molecular flexibility index (Phi) is 6.65. The van der Waals surface area contributed by atoms with Crippen LogP contribution in [-0.4, -0.2) is 37.1 Å². The first-order valence-corrected chi connectivity index (χ1v) is 7.85. The summed E-state index contributed by atoms with van der Waals surface area (Å²) in [4.78, 5) is 2.63. The second kappa shape index (κ2) is 7.49. The van der Waals surface area contributed by atoms with Gasteiger partial charge >= 0.3 is 0 Å². The summed E-state index contributed by atoms with van der Waals surface area (Å²) in [7, 11) is 0. The van der Waals surface area contributed by atoms with Crippen molar-refractivity contribution in [1.82, 2.24) is 10.2 Å². The van der Waals surface area contributed by atoms with Gasteiger partial charge in [0, 0.05) is 25.7 Å². The van der Waals surface area contributed by atoms with Crippen LogP contribution in [0.5, 0.6) is 0 Å². The van der Waals surface area contributed by atoms with E-state index in [4.69, 9.17) is 0 Å². The molecule has 2 nitrogen and oxygen atoms in total. The first-order chi connectivity index (χ1) is 8.39. The molecular weight excluding hydrogens is 220 g/mol. The third-order valence-electron chi connectivity index (χ3n) is 4.08. The van der Waals surface area contributed by atoms with Gasteiger partial charge in [-0.3, -0.25) is 0 Å². The number of piperidine rings is 1. The summed E-state index contributed by atoms with van der Waals surface area (Å²) in [5.41, 5.74) is 0.529. The summed E-state index contributed by atoms with van der Waals surface area (Å²) in [6.07, 6.45) is 5.41. The maximum atomic E-state index is 3.67. The molecule has 0 aromatic rings. The number of nitrogens with zero attached hydrogens (tertiary/aromatic N) is 1. The summed E-state index contributed by atoms with van der Waals surface area (Å²) in [6, 6.07) is 0.671. The average molecular weight is 254 g/mol. The summed E-state index contributed by atoms with van der Waals surface area (Å²) in [5, 5.41) is 3.67. The minimum absolute atomic E-state index is 0.529. The van der Waals surface area contributed by atoms with Gasteiger partial charge in [-0.2, -0.15) is 0 Å². The van der Waals surface area contributed by atoms with Crippen LogP contribution in [-0.2, 0) is 0 Å². The van der Waals surface area contributed by atoms with Gasteiger partial charge in [0.05, 0.1) is 0 Å². The minimum atomic E-state index is 0.529. The van der Waals surface area contributed by atoms with Gasteiger partial charge in [-0.15, -0.1) is 0 Å². The van der Waals surface area contributed by atoms with E-state index in [1.54, 1.807) is 0 Å². The van der Waals surface area contributed by atoms with Crippen molar-refractivity contribution in [3.05, 3.63) is 0 Å². The lowest BCUT2D eigenvalue weighted by molar-refractivity contribution is 0.118. The zero-order chi connectivity index (χ0) is 13.6. The number of likely N-dealkylation sites (tertiary alicyclic amines) is 1. The Bertz CT molecular complexity index is 223. The van der Waals surface area contributed by atoms with Gasteiger partial charge in [0.25, 0.3) is 0 Å². The fourth-order valence-corrected chi connectivity index (χ4v) is 2.89. The largest absolute Gasteiger partial charge is 0.313 e. The van der Waals surface area contributed by atoms with Gasteiger partial charge in [-0.1, -0.05) is 27.7 Å². The van der Waals surface area contributed by atoms with E-state index in [0.29, 0.717) is 11.5 Å². The molecule has 1 saturated heterocycles. The van der Waals surface area contributed by atoms with Crippen LogP contribution < -0.4 is 5.32 Å². The molecule has 0 saturated carbocycles. The van der Waals surface area contributed by atoms with E-state index in [0.717, 1.165) is 12.5 Å². The fraction of sp³-hybridized carbons (Fsp3) is 1.00. The van der Waals surface area contributed by atoms with Crippen LogP contribution in [0.15, 0.2) is 0 Å². The van der Waals surface area contributed by atoms with E-state index in [9.17, 15) is 0 Å². The average Bonchev–Trinajstić information content (AvgIpc) is 2.25. The Hall–Kier alpha value is -0.0800. The van der Waals surface area contributed by atoms with Crippen LogP contribution in [0.2, 0.25) is 0 Å². The summed E-state index contributed by atoms with van der Waals surface area (Å²) < 4.78 is 0. The van der Waals surface area contributed by atoms with E-state index in [1.807, 2.05) is 0 Å². The Morgan fingerprint density at radius 1 is 1.17 bits per heavy atom. The molecule has 1 aliphatic heterocycles. The number of hydrogen-bond acceptors (Lipinski definition) is 2. The molecule has 2 heteroatoms. The van der Waals surface area contributed by atoms with Crippen molar-refractivity contribution in [3.63, 3.8) is 0 Å². The molecule has 1 aliphatic rings. The molecule has 1 rings (SSSR count). The Balaban J connectivity index is 2.10. The number of hydrogen-bond donors (Lipinski definition) is 1. The fourth-order valence-electron chi connectivity index (χ4n) is 2.89. The first-order valence-electron chi connectivity index (χ1n) is 7.85. The lowest BCUT2D eigenvalue weighted by atomic mass is 9.84. The topological polar surface area (TPSA) is 15.3 Å². The van der Waals surface area contributed by atoms with Crippen molar-refractivity contribution in [2.24, 2.45) is 11.3 Å². The highest BCUT2D eigenvalue weighted by molar-refractivity contribution is 4.80. The predicted octanol–water partition coefficient (Wildman–Crippen LogP) is 3.52. The van der Waals surface area contributed by atoms with E-state index >= 15 is 0 Å². The van der Waals surface area contributed by atoms with Crippen molar-refractivity contribution in [2.75, 3.05) is 26.2 Å². The molecule has 0 bridgehead atoms. The van der Waals surface area contributed by atoms with E-state index in [2.05, 4.69) is 44.8 Å². The standard InChI is InChI=1S/C16H34N2/c1-14(2)7-8-15(3)17-10-12-18-11-6-9-16(4,5)13-18/h14-15,17H,6-13H2,1-5H3. The van der Waals surface area contributed by atoms with Crippen LogP contribution in [0, 0.1) is 11.3 Å². The smallest absolute Gasteiger partial charge is 0.0107 e. The molecule has 0 aromatic heterocycles. The highest BCUT2D eigenvalue weighted by Gasteiger charge is 2.25. The molecule has 1 atom stereocenters. The summed E-state index contributed by atoms with van der Waals surface area (Å²) >= 11 is 0. The van der Waals surface area contributed by atoms with Gasteiger partial charge in [0.1, 0.15) is 0 Å². The lowest BCUT2D eigenvalue weighted by Crippen LogP contribution is -2.44. The molecule has 0 spiro atoms. The predicted molar refractivity (Wildman–Crippen MR) is 81.0 cm³/mol. The Morgan fingerprint density at radius 2 is 1.89 bits per heavy atom. The highest BCUT2D eigenvalue weighted by atomic mass is 15.2. The number of rotatable bonds is 7. The Labute approximate surface area is 115 Å². The molecule has 1 N–H and O–H groups in total. The molecule has 0 aliphatic carbocycles. The molecule has 108 valence electrons. The quantitative estimate of drug-likeness (QED) is 0.748.